The van der Waals surface area contributed by atoms with Crippen LogP contribution < -0.4 is 4.74 Å². The molecule has 0 aromatic heterocycles. The fourth-order valence-electron chi connectivity index (χ4n) is 1.84. The van der Waals surface area contributed by atoms with Crippen LogP contribution in [0.1, 0.15) is 15.9 Å². The SMILES string of the molecule is Cc1cc(Oc2cccc(S(C)(=O)=O)c2)ccc1C(=O)O. The lowest BCUT2D eigenvalue weighted by atomic mass is 10.1. The van der Waals surface area contributed by atoms with Crippen LogP contribution in [0.15, 0.2) is 47.4 Å². The molecule has 110 valence electrons. The number of aryl methyl sites for hydroxylation is 1. The van der Waals surface area contributed by atoms with E-state index in [0.29, 0.717) is 17.1 Å². The van der Waals surface area contributed by atoms with Crippen molar-refractivity contribution in [2.75, 3.05) is 6.26 Å². The minimum atomic E-state index is -3.30. The summed E-state index contributed by atoms with van der Waals surface area (Å²) >= 11 is 0. The van der Waals surface area contributed by atoms with Gasteiger partial charge in [-0.3, -0.25) is 0 Å². The van der Waals surface area contributed by atoms with Gasteiger partial charge in [0.1, 0.15) is 11.5 Å². The number of sulfone groups is 1. The van der Waals surface area contributed by atoms with E-state index in [2.05, 4.69) is 0 Å². The summed E-state index contributed by atoms with van der Waals surface area (Å²) < 4.78 is 28.6. The van der Waals surface area contributed by atoms with Gasteiger partial charge in [-0.15, -0.1) is 0 Å². The van der Waals surface area contributed by atoms with Gasteiger partial charge in [-0.05, 0) is 48.9 Å². The molecule has 2 aromatic rings. The van der Waals surface area contributed by atoms with Crippen LogP contribution in [-0.4, -0.2) is 25.7 Å². The van der Waals surface area contributed by atoms with Crippen molar-refractivity contribution in [3.05, 3.63) is 53.6 Å². The van der Waals surface area contributed by atoms with Crippen molar-refractivity contribution in [2.45, 2.75) is 11.8 Å². The Hall–Kier alpha value is -2.34. The van der Waals surface area contributed by atoms with Gasteiger partial charge in [-0.25, -0.2) is 13.2 Å². The summed E-state index contributed by atoms with van der Waals surface area (Å²) in [6, 6.07) is 10.7. The Kier molecular flexibility index (Phi) is 3.99. The second-order valence-electron chi connectivity index (χ2n) is 4.63. The average molecular weight is 306 g/mol. The molecule has 0 radical (unpaired) electrons. The molecular weight excluding hydrogens is 292 g/mol. The van der Waals surface area contributed by atoms with Gasteiger partial charge in [0.2, 0.25) is 0 Å². The second kappa shape index (κ2) is 5.57. The average Bonchev–Trinajstić information content (AvgIpc) is 2.37. The number of aromatic carboxylic acids is 1. The molecule has 0 heterocycles. The van der Waals surface area contributed by atoms with Crippen molar-refractivity contribution >= 4 is 15.8 Å². The molecule has 0 amide bonds. The molecule has 1 N–H and O–H groups in total. The lowest BCUT2D eigenvalue weighted by molar-refractivity contribution is 0.0696. The number of ether oxygens (including phenoxy) is 1. The maximum Gasteiger partial charge on any atom is 0.335 e. The first-order chi connectivity index (χ1) is 9.77. The lowest BCUT2D eigenvalue weighted by Crippen LogP contribution is -2.00. The Bertz CT molecular complexity index is 793. The van der Waals surface area contributed by atoms with Crippen molar-refractivity contribution in [1.29, 1.82) is 0 Å². The number of carboxylic acid groups (broad SMARTS) is 1. The maximum atomic E-state index is 11.5. The van der Waals surface area contributed by atoms with E-state index >= 15 is 0 Å². The number of hydrogen-bond acceptors (Lipinski definition) is 4. The van der Waals surface area contributed by atoms with E-state index in [4.69, 9.17) is 9.84 Å². The lowest BCUT2D eigenvalue weighted by Gasteiger charge is -2.09. The van der Waals surface area contributed by atoms with Crippen molar-refractivity contribution in [3.63, 3.8) is 0 Å². The first-order valence-corrected chi connectivity index (χ1v) is 7.98. The van der Waals surface area contributed by atoms with Crippen LogP contribution in [0.5, 0.6) is 11.5 Å². The van der Waals surface area contributed by atoms with E-state index in [9.17, 15) is 13.2 Å². The minimum Gasteiger partial charge on any atom is -0.478 e. The molecule has 0 aliphatic carbocycles. The van der Waals surface area contributed by atoms with E-state index < -0.39 is 15.8 Å². The Labute approximate surface area is 122 Å². The largest absolute Gasteiger partial charge is 0.478 e. The van der Waals surface area contributed by atoms with Crippen molar-refractivity contribution < 1.29 is 23.1 Å². The molecule has 0 saturated heterocycles. The highest BCUT2D eigenvalue weighted by Crippen LogP contribution is 2.25. The van der Waals surface area contributed by atoms with E-state index in [1.165, 1.54) is 24.3 Å². The van der Waals surface area contributed by atoms with Gasteiger partial charge in [-0.2, -0.15) is 0 Å². The molecular formula is C15H14O5S. The van der Waals surface area contributed by atoms with Crippen molar-refractivity contribution in [1.82, 2.24) is 0 Å². The first kappa shape index (κ1) is 15.1. The Morgan fingerprint density at radius 3 is 2.33 bits per heavy atom. The van der Waals surface area contributed by atoms with Gasteiger partial charge in [-0.1, -0.05) is 6.07 Å². The molecule has 0 fully saturated rings. The minimum absolute atomic E-state index is 0.166. The number of rotatable bonds is 4. The molecule has 0 spiro atoms. The molecule has 2 rings (SSSR count). The van der Waals surface area contributed by atoms with Crippen molar-refractivity contribution in [2.24, 2.45) is 0 Å². The van der Waals surface area contributed by atoms with Crippen LogP contribution in [0.25, 0.3) is 0 Å². The molecule has 0 atom stereocenters. The van der Waals surface area contributed by atoms with E-state index in [0.717, 1.165) is 6.26 Å². The number of benzene rings is 2. The predicted octanol–water partition coefficient (Wildman–Crippen LogP) is 2.89. The molecule has 2 aromatic carbocycles. The maximum absolute atomic E-state index is 11.5. The molecule has 0 bridgehead atoms. The monoisotopic (exact) mass is 306 g/mol. The summed E-state index contributed by atoms with van der Waals surface area (Å²) in [6.07, 6.45) is 1.12. The van der Waals surface area contributed by atoms with E-state index in [1.807, 2.05) is 0 Å². The molecule has 21 heavy (non-hydrogen) atoms. The van der Waals surface area contributed by atoms with Crippen LogP contribution >= 0.6 is 0 Å². The van der Waals surface area contributed by atoms with E-state index in [-0.39, 0.29) is 10.5 Å². The Morgan fingerprint density at radius 1 is 1.10 bits per heavy atom. The highest BCUT2D eigenvalue weighted by atomic mass is 32.2. The highest BCUT2D eigenvalue weighted by Gasteiger charge is 2.10. The summed E-state index contributed by atoms with van der Waals surface area (Å²) in [5, 5.41) is 8.96. The third-order valence-electron chi connectivity index (χ3n) is 2.90. The summed E-state index contributed by atoms with van der Waals surface area (Å²) in [7, 11) is -3.30. The number of carboxylic acids is 1. The van der Waals surface area contributed by atoms with Gasteiger partial charge < -0.3 is 9.84 Å². The zero-order valence-corrected chi connectivity index (χ0v) is 12.3. The molecule has 5 nitrogen and oxygen atoms in total. The molecule has 0 unspecified atom stereocenters. The van der Waals surface area contributed by atoms with E-state index in [1.54, 1.807) is 25.1 Å². The fraction of sp³-hybridized carbons (Fsp3) is 0.133. The van der Waals surface area contributed by atoms with Crippen LogP contribution in [0, 0.1) is 6.92 Å². The van der Waals surface area contributed by atoms with Crippen molar-refractivity contribution in [3.8, 4) is 11.5 Å². The molecule has 6 heteroatoms. The summed E-state index contributed by atoms with van der Waals surface area (Å²) in [5.74, 6) is -0.179. The topological polar surface area (TPSA) is 80.7 Å². The third kappa shape index (κ3) is 3.61. The predicted molar refractivity (Wildman–Crippen MR) is 77.8 cm³/mol. The number of hydrogen-bond donors (Lipinski definition) is 1. The van der Waals surface area contributed by atoms with Gasteiger partial charge in [0.25, 0.3) is 0 Å². The fourth-order valence-corrected chi connectivity index (χ4v) is 2.50. The van der Waals surface area contributed by atoms with Gasteiger partial charge in [0.05, 0.1) is 10.5 Å². The van der Waals surface area contributed by atoms with Crippen LogP contribution in [-0.2, 0) is 9.84 Å². The normalized spacial score (nSPS) is 11.1. The standard InChI is InChI=1S/C15H14O5S/c1-10-8-12(6-7-14(10)15(16)17)20-11-4-3-5-13(9-11)21(2,18)19/h3-9H,1-2H3,(H,16,17). The molecule has 0 saturated carbocycles. The molecule has 0 aliphatic rings. The zero-order valence-electron chi connectivity index (χ0n) is 11.5. The van der Waals surface area contributed by atoms with Crippen LogP contribution in [0.2, 0.25) is 0 Å². The van der Waals surface area contributed by atoms with Crippen LogP contribution in [0.3, 0.4) is 0 Å². The zero-order chi connectivity index (χ0) is 15.6. The highest BCUT2D eigenvalue weighted by molar-refractivity contribution is 7.90. The number of carbonyl (C=O) groups is 1. The first-order valence-electron chi connectivity index (χ1n) is 6.09. The van der Waals surface area contributed by atoms with Gasteiger partial charge in [0, 0.05) is 6.26 Å². The second-order valence-corrected chi connectivity index (χ2v) is 6.65. The smallest absolute Gasteiger partial charge is 0.335 e. The summed E-state index contributed by atoms with van der Waals surface area (Å²) in [4.78, 5) is 11.1. The van der Waals surface area contributed by atoms with Gasteiger partial charge >= 0.3 is 5.97 Å². The summed E-state index contributed by atoms with van der Waals surface area (Å²) in [6.45, 7) is 1.67. The Morgan fingerprint density at radius 2 is 1.76 bits per heavy atom. The summed E-state index contributed by atoms with van der Waals surface area (Å²) in [5.41, 5.74) is 0.770. The molecule has 0 aliphatic heterocycles. The Balaban J connectivity index is 2.31. The quantitative estimate of drug-likeness (QED) is 0.939. The van der Waals surface area contributed by atoms with Gasteiger partial charge in [0.15, 0.2) is 9.84 Å². The third-order valence-corrected chi connectivity index (χ3v) is 4.01. The van der Waals surface area contributed by atoms with Crippen LogP contribution in [0.4, 0.5) is 0 Å².